The fourth-order valence-corrected chi connectivity index (χ4v) is 1.96. The van der Waals surface area contributed by atoms with E-state index in [0.717, 1.165) is 4.63 Å². The van der Waals surface area contributed by atoms with E-state index in [9.17, 15) is 0 Å². The van der Waals surface area contributed by atoms with Crippen molar-refractivity contribution in [3.05, 3.63) is 0 Å². The summed E-state index contributed by atoms with van der Waals surface area (Å²) in [6.07, 6.45) is 2.78. The molecule has 1 aliphatic rings. The first-order valence-corrected chi connectivity index (χ1v) is 5.01. The Morgan fingerprint density at radius 3 is 2.25 bits per heavy atom. The molecule has 0 amide bonds. The molecule has 3 heteroatoms. The van der Waals surface area contributed by atoms with Crippen molar-refractivity contribution in [2.45, 2.75) is 17.5 Å². The van der Waals surface area contributed by atoms with Crippen molar-refractivity contribution >= 4 is 0 Å². The number of nitrogens with zero attached hydrogens (tertiary/aromatic N) is 1. The van der Waals surface area contributed by atoms with Crippen LogP contribution >= 0.6 is 0 Å². The van der Waals surface area contributed by atoms with Crippen LogP contribution in [0, 0.1) is 0 Å². The third kappa shape index (κ3) is 2.23. The molecule has 1 saturated heterocycles. The van der Waals surface area contributed by atoms with Crippen LogP contribution in [0.25, 0.3) is 0 Å². The van der Waals surface area contributed by atoms with Gasteiger partial charge in [-0.15, -0.1) is 0 Å². The SMILES string of the molecule is [V][CH]1CC[N]([W])CC1. The minimum atomic E-state index is 0.929. The van der Waals surface area contributed by atoms with Gasteiger partial charge >= 0.3 is 71.5 Å². The Morgan fingerprint density at radius 2 is 1.88 bits per heavy atom. The molecule has 0 aliphatic carbocycles. The number of hydrogen-bond acceptors (Lipinski definition) is 1. The Balaban J connectivity index is 2.19. The summed E-state index contributed by atoms with van der Waals surface area (Å²) in [5, 5.41) is 0. The summed E-state index contributed by atoms with van der Waals surface area (Å²) in [5.41, 5.74) is 0. The topological polar surface area (TPSA) is 3.24 Å². The zero-order valence-corrected chi connectivity index (χ0v) is 9.04. The zero-order chi connectivity index (χ0) is 5.98. The van der Waals surface area contributed by atoms with Crippen LogP contribution in [0.1, 0.15) is 12.8 Å². The van der Waals surface area contributed by atoms with Gasteiger partial charge in [-0.05, 0) is 0 Å². The molecule has 0 radical (unpaired) electrons. The Labute approximate surface area is 71.4 Å². The maximum atomic E-state index is 2.77. The monoisotopic (exact) mass is 318 g/mol. The minimum absolute atomic E-state index is 0.929. The van der Waals surface area contributed by atoms with Crippen LogP contribution in [0.2, 0.25) is 4.63 Å². The van der Waals surface area contributed by atoms with Crippen molar-refractivity contribution in [1.29, 1.82) is 0 Å². The maximum absolute atomic E-state index is 2.77. The molecular formula is C5H9NVW. The molecule has 45 valence electrons. The Morgan fingerprint density at radius 1 is 1.38 bits per heavy atom. The predicted molar refractivity (Wildman–Crippen MR) is 24.6 cm³/mol. The van der Waals surface area contributed by atoms with Crippen molar-refractivity contribution in [2.24, 2.45) is 0 Å². The van der Waals surface area contributed by atoms with E-state index in [2.05, 4.69) is 20.9 Å². The second-order valence-electron chi connectivity index (χ2n) is 2.16. The molecule has 0 unspecified atom stereocenters. The van der Waals surface area contributed by atoms with Gasteiger partial charge < -0.3 is 0 Å². The van der Waals surface area contributed by atoms with Gasteiger partial charge in [0.1, 0.15) is 0 Å². The fourth-order valence-electron chi connectivity index (χ4n) is 0.842. The summed E-state index contributed by atoms with van der Waals surface area (Å²) >= 11 is 4.40. The van der Waals surface area contributed by atoms with Gasteiger partial charge in [-0.1, -0.05) is 0 Å². The molecule has 1 rings (SSSR count). The van der Waals surface area contributed by atoms with E-state index >= 15 is 0 Å². The molecule has 0 bridgehead atoms. The second-order valence-corrected chi connectivity index (χ2v) is 5.16. The molecule has 8 heavy (non-hydrogen) atoms. The van der Waals surface area contributed by atoms with Gasteiger partial charge in [0.25, 0.3) is 0 Å². The summed E-state index contributed by atoms with van der Waals surface area (Å²) in [5.74, 6) is 0. The van der Waals surface area contributed by atoms with Crippen LogP contribution in [-0.4, -0.2) is 16.5 Å². The molecule has 0 atom stereocenters. The van der Waals surface area contributed by atoms with Gasteiger partial charge in [0.2, 0.25) is 0 Å². The van der Waals surface area contributed by atoms with Gasteiger partial charge in [-0.25, -0.2) is 0 Å². The summed E-state index contributed by atoms with van der Waals surface area (Å²) in [4.78, 5) is 0. The number of rotatable bonds is 0. The Kier molecular flexibility index (Phi) is 3.13. The third-order valence-corrected chi connectivity index (χ3v) is 3.54. The van der Waals surface area contributed by atoms with Gasteiger partial charge in [0.15, 0.2) is 0 Å². The van der Waals surface area contributed by atoms with Crippen LogP contribution < -0.4 is 0 Å². The zero-order valence-electron chi connectivity index (χ0n) is 4.71. The van der Waals surface area contributed by atoms with E-state index in [1.165, 1.54) is 25.9 Å². The Bertz CT molecular complexity index is 60.8. The summed E-state index contributed by atoms with van der Waals surface area (Å²) in [6.45, 7) is 2.66. The van der Waals surface area contributed by atoms with Crippen LogP contribution in [0.15, 0.2) is 0 Å². The first kappa shape index (κ1) is 7.34. The van der Waals surface area contributed by atoms with Crippen molar-refractivity contribution in [3.63, 3.8) is 0 Å². The van der Waals surface area contributed by atoms with E-state index in [1.807, 2.05) is 0 Å². The van der Waals surface area contributed by atoms with E-state index < -0.39 is 0 Å². The van der Waals surface area contributed by atoms with Crippen LogP contribution in [-0.2, 0) is 37.5 Å². The van der Waals surface area contributed by atoms with Crippen molar-refractivity contribution < 1.29 is 37.5 Å². The molecule has 1 heterocycles. The van der Waals surface area contributed by atoms with Crippen LogP contribution in [0.5, 0.6) is 0 Å². The molecule has 1 fully saturated rings. The molecule has 0 spiro atoms. The standard InChI is InChI=1S/C5H9N.V.W/c1-2-4-6-5-3-1;;/h1H,2-5H2;;/q-1;;+1. The molecule has 0 aromatic heterocycles. The van der Waals surface area contributed by atoms with Crippen molar-refractivity contribution in [2.75, 3.05) is 13.1 Å². The fraction of sp³-hybridized carbons (Fsp3) is 1.00. The van der Waals surface area contributed by atoms with Crippen LogP contribution in [0.4, 0.5) is 0 Å². The molecular weight excluding hydrogens is 309 g/mol. The van der Waals surface area contributed by atoms with E-state index in [4.69, 9.17) is 0 Å². The first-order chi connectivity index (χ1) is 3.79. The normalized spacial score (nSPS) is 26.0. The Hall–Kier alpha value is 1.23. The molecule has 1 nitrogen and oxygen atoms in total. The molecule has 0 aromatic rings. The first-order valence-electron chi connectivity index (χ1n) is 2.89. The van der Waals surface area contributed by atoms with Gasteiger partial charge in [-0.2, -0.15) is 0 Å². The quantitative estimate of drug-likeness (QED) is 0.641. The van der Waals surface area contributed by atoms with E-state index in [-0.39, 0.29) is 0 Å². The van der Waals surface area contributed by atoms with Crippen LogP contribution in [0.3, 0.4) is 0 Å². The number of hydrogen-bond donors (Lipinski definition) is 0. The van der Waals surface area contributed by atoms with Crippen molar-refractivity contribution in [3.8, 4) is 0 Å². The van der Waals surface area contributed by atoms with Crippen molar-refractivity contribution in [1.82, 2.24) is 3.46 Å². The summed E-state index contributed by atoms with van der Waals surface area (Å²) in [6, 6.07) is 0. The predicted octanol–water partition coefficient (Wildman–Crippen LogP) is 0.879. The van der Waals surface area contributed by atoms with Gasteiger partial charge in [0, 0.05) is 0 Å². The molecule has 0 aromatic carbocycles. The average Bonchev–Trinajstić information content (AvgIpc) is 1.77. The van der Waals surface area contributed by atoms with E-state index in [1.54, 1.807) is 20.1 Å². The summed E-state index contributed by atoms with van der Waals surface area (Å²) in [7, 11) is 0. The molecule has 0 N–H and O–H groups in total. The second kappa shape index (κ2) is 3.41. The third-order valence-electron chi connectivity index (χ3n) is 1.42. The van der Waals surface area contributed by atoms with Gasteiger partial charge in [-0.3, -0.25) is 0 Å². The van der Waals surface area contributed by atoms with E-state index in [0.29, 0.717) is 0 Å². The van der Waals surface area contributed by atoms with Gasteiger partial charge in [0.05, 0.1) is 0 Å². The number of piperidine rings is 1. The summed E-state index contributed by atoms with van der Waals surface area (Å²) < 4.78 is 3.40. The molecule has 0 saturated carbocycles. The average molecular weight is 318 g/mol. The molecule has 1 aliphatic heterocycles.